The largest absolute Gasteiger partial charge is 0.352 e. The van der Waals surface area contributed by atoms with Gasteiger partial charge in [-0.15, -0.1) is 0 Å². The number of hydrogen-bond donors (Lipinski definition) is 2. The van der Waals surface area contributed by atoms with E-state index in [9.17, 15) is 4.79 Å². The van der Waals surface area contributed by atoms with Gasteiger partial charge >= 0.3 is 0 Å². The van der Waals surface area contributed by atoms with E-state index < -0.39 is 0 Å². The van der Waals surface area contributed by atoms with E-state index in [2.05, 4.69) is 15.3 Å². The molecule has 0 aliphatic heterocycles. The molecule has 0 saturated heterocycles. The van der Waals surface area contributed by atoms with Gasteiger partial charge < -0.3 is 5.32 Å². The maximum atomic E-state index is 11.3. The average molecular weight is 229 g/mol. The second-order valence-corrected chi connectivity index (χ2v) is 3.78. The van der Waals surface area contributed by atoms with Crippen molar-refractivity contribution in [3.63, 3.8) is 0 Å². The van der Waals surface area contributed by atoms with Gasteiger partial charge in [-0.1, -0.05) is 37.3 Å². The van der Waals surface area contributed by atoms with E-state index in [0.717, 1.165) is 17.7 Å². The fourth-order valence-corrected chi connectivity index (χ4v) is 1.55. The van der Waals surface area contributed by atoms with Gasteiger partial charge in [0.1, 0.15) is 0 Å². The van der Waals surface area contributed by atoms with Gasteiger partial charge in [-0.25, -0.2) is 4.98 Å². The summed E-state index contributed by atoms with van der Waals surface area (Å²) in [4.78, 5) is 18.3. The summed E-state index contributed by atoms with van der Waals surface area (Å²) in [5.74, 6) is 0.526. The van der Waals surface area contributed by atoms with E-state index >= 15 is 0 Å². The van der Waals surface area contributed by atoms with Crippen molar-refractivity contribution in [2.24, 2.45) is 0 Å². The lowest BCUT2D eigenvalue weighted by Gasteiger charge is -2.06. The van der Waals surface area contributed by atoms with Crippen LogP contribution in [0.2, 0.25) is 0 Å². The molecule has 1 heterocycles. The molecule has 0 amide bonds. The topological polar surface area (TPSA) is 57.8 Å². The van der Waals surface area contributed by atoms with Crippen molar-refractivity contribution < 1.29 is 0 Å². The second kappa shape index (κ2) is 5.30. The first-order chi connectivity index (χ1) is 8.28. The van der Waals surface area contributed by atoms with Crippen LogP contribution >= 0.6 is 0 Å². The first-order valence-electron chi connectivity index (χ1n) is 5.66. The lowest BCUT2D eigenvalue weighted by molar-refractivity contribution is 0.959. The summed E-state index contributed by atoms with van der Waals surface area (Å²) in [5, 5.41) is 3.11. The third-order valence-electron chi connectivity index (χ3n) is 2.46. The highest BCUT2D eigenvalue weighted by Gasteiger charge is 1.99. The van der Waals surface area contributed by atoms with Gasteiger partial charge in [0, 0.05) is 18.3 Å². The molecule has 0 saturated carbocycles. The van der Waals surface area contributed by atoms with Crippen molar-refractivity contribution in [2.45, 2.75) is 19.9 Å². The van der Waals surface area contributed by atoms with Gasteiger partial charge in [0.25, 0.3) is 5.56 Å². The Hall–Kier alpha value is -2.10. The van der Waals surface area contributed by atoms with Crippen LogP contribution in [0.1, 0.15) is 18.2 Å². The Morgan fingerprint density at radius 1 is 1.29 bits per heavy atom. The zero-order chi connectivity index (χ0) is 12.1. The predicted octanol–water partition coefficient (Wildman–Crippen LogP) is 1.94. The van der Waals surface area contributed by atoms with Crippen molar-refractivity contribution in [3.05, 3.63) is 58.0 Å². The molecule has 17 heavy (non-hydrogen) atoms. The number of aryl methyl sites for hydroxylation is 1. The van der Waals surface area contributed by atoms with Gasteiger partial charge in [-0.3, -0.25) is 9.78 Å². The van der Waals surface area contributed by atoms with Crippen molar-refractivity contribution in [1.29, 1.82) is 0 Å². The van der Waals surface area contributed by atoms with Gasteiger partial charge in [-0.2, -0.15) is 0 Å². The Kier molecular flexibility index (Phi) is 3.55. The third-order valence-corrected chi connectivity index (χ3v) is 2.46. The zero-order valence-corrected chi connectivity index (χ0v) is 9.73. The fraction of sp³-hybridized carbons (Fsp3) is 0.231. The standard InChI is InChI=1S/C13H15N3O/c1-2-11-8-12(17)16-13(15-11)14-9-10-6-4-3-5-7-10/h3-8H,2,9H2,1H3,(H2,14,15,16,17). The van der Waals surface area contributed by atoms with Gasteiger partial charge in [0.05, 0.1) is 0 Å². The van der Waals surface area contributed by atoms with E-state index in [0.29, 0.717) is 12.5 Å². The summed E-state index contributed by atoms with van der Waals surface area (Å²) >= 11 is 0. The minimum atomic E-state index is -0.118. The summed E-state index contributed by atoms with van der Waals surface area (Å²) in [7, 11) is 0. The second-order valence-electron chi connectivity index (χ2n) is 3.78. The van der Waals surface area contributed by atoms with Crippen molar-refractivity contribution >= 4 is 5.95 Å². The number of nitrogens with one attached hydrogen (secondary N) is 2. The number of aromatic nitrogens is 2. The molecule has 1 aromatic heterocycles. The summed E-state index contributed by atoms with van der Waals surface area (Å²) < 4.78 is 0. The van der Waals surface area contributed by atoms with Crippen molar-refractivity contribution in [3.8, 4) is 0 Å². The van der Waals surface area contributed by atoms with Crippen LogP contribution in [0.5, 0.6) is 0 Å². The van der Waals surface area contributed by atoms with E-state index in [1.165, 1.54) is 6.07 Å². The summed E-state index contributed by atoms with van der Waals surface area (Å²) in [5.41, 5.74) is 1.83. The van der Waals surface area contributed by atoms with Crippen LogP contribution < -0.4 is 10.9 Å². The van der Waals surface area contributed by atoms with Crippen LogP contribution in [0, 0.1) is 0 Å². The lowest BCUT2D eigenvalue weighted by atomic mass is 10.2. The van der Waals surface area contributed by atoms with Crippen LogP contribution in [0.15, 0.2) is 41.2 Å². The highest BCUT2D eigenvalue weighted by molar-refractivity contribution is 5.28. The van der Waals surface area contributed by atoms with E-state index in [4.69, 9.17) is 0 Å². The Labute approximate surface area is 99.7 Å². The molecule has 0 spiro atoms. The Balaban J connectivity index is 2.09. The lowest BCUT2D eigenvalue weighted by Crippen LogP contribution is -2.13. The van der Waals surface area contributed by atoms with E-state index in [-0.39, 0.29) is 5.56 Å². The summed E-state index contributed by atoms with van der Waals surface area (Å²) in [6.07, 6.45) is 0.754. The number of nitrogens with zero attached hydrogens (tertiary/aromatic N) is 1. The number of hydrogen-bond acceptors (Lipinski definition) is 3. The highest BCUT2D eigenvalue weighted by Crippen LogP contribution is 2.03. The molecule has 0 bridgehead atoms. The van der Waals surface area contributed by atoms with Crippen LogP contribution in [0.4, 0.5) is 5.95 Å². The molecule has 4 nitrogen and oxygen atoms in total. The Morgan fingerprint density at radius 3 is 2.76 bits per heavy atom. The average Bonchev–Trinajstić information content (AvgIpc) is 2.37. The molecule has 0 aliphatic carbocycles. The molecular weight excluding hydrogens is 214 g/mol. The number of H-pyrrole nitrogens is 1. The summed E-state index contributed by atoms with van der Waals surface area (Å²) in [6, 6.07) is 11.5. The smallest absolute Gasteiger partial charge is 0.252 e. The summed E-state index contributed by atoms with van der Waals surface area (Å²) in [6.45, 7) is 2.62. The molecule has 0 aliphatic rings. The molecule has 4 heteroatoms. The molecule has 2 rings (SSSR count). The third kappa shape index (κ3) is 3.17. The highest BCUT2D eigenvalue weighted by atomic mass is 16.1. The minimum Gasteiger partial charge on any atom is -0.352 e. The molecule has 2 N–H and O–H groups in total. The van der Waals surface area contributed by atoms with Crippen molar-refractivity contribution in [1.82, 2.24) is 9.97 Å². The quantitative estimate of drug-likeness (QED) is 0.842. The molecule has 0 fully saturated rings. The van der Waals surface area contributed by atoms with Crippen molar-refractivity contribution in [2.75, 3.05) is 5.32 Å². The van der Waals surface area contributed by atoms with Crippen LogP contribution in [-0.2, 0) is 13.0 Å². The number of rotatable bonds is 4. The monoisotopic (exact) mass is 229 g/mol. The molecular formula is C13H15N3O. The molecule has 2 aromatic rings. The molecule has 0 atom stereocenters. The van der Waals surface area contributed by atoms with Gasteiger partial charge in [0.15, 0.2) is 0 Å². The Bertz CT molecular complexity index is 534. The van der Waals surface area contributed by atoms with Crippen LogP contribution in [0.25, 0.3) is 0 Å². The van der Waals surface area contributed by atoms with E-state index in [1.807, 2.05) is 37.3 Å². The van der Waals surface area contributed by atoms with Gasteiger partial charge in [-0.05, 0) is 12.0 Å². The number of aromatic amines is 1. The minimum absolute atomic E-state index is 0.118. The van der Waals surface area contributed by atoms with Crippen LogP contribution in [0.3, 0.4) is 0 Å². The first kappa shape index (κ1) is 11.4. The SMILES string of the molecule is CCc1cc(=O)[nH]c(NCc2ccccc2)n1. The Morgan fingerprint density at radius 2 is 2.06 bits per heavy atom. The van der Waals surface area contributed by atoms with Gasteiger partial charge in [0.2, 0.25) is 5.95 Å². The fourth-order valence-electron chi connectivity index (χ4n) is 1.55. The number of benzene rings is 1. The predicted molar refractivity (Wildman–Crippen MR) is 68.0 cm³/mol. The molecule has 0 unspecified atom stereocenters. The normalized spacial score (nSPS) is 10.2. The maximum absolute atomic E-state index is 11.3. The molecule has 88 valence electrons. The van der Waals surface area contributed by atoms with E-state index in [1.54, 1.807) is 0 Å². The van der Waals surface area contributed by atoms with Crippen LogP contribution in [-0.4, -0.2) is 9.97 Å². The number of anilines is 1. The zero-order valence-electron chi connectivity index (χ0n) is 9.73. The molecule has 0 radical (unpaired) electrons. The molecule has 1 aromatic carbocycles. The first-order valence-corrected chi connectivity index (χ1v) is 5.66. The maximum Gasteiger partial charge on any atom is 0.252 e.